The molecule has 42 heavy (non-hydrogen) atoms. The SMILES string of the molecule is COc1ccc(-n2c(Cc3ccccc3)nnc2SCc2ccc(C(=O)NCc3cccc(C(F)(F)F)c3)cc2)cc1. The minimum absolute atomic E-state index is 0.00725. The molecule has 0 atom stereocenters. The van der Waals surface area contributed by atoms with Crippen LogP contribution in [0.3, 0.4) is 0 Å². The second-order valence-corrected chi connectivity index (χ2v) is 10.4. The summed E-state index contributed by atoms with van der Waals surface area (Å²) in [5, 5.41) is 12.4. The van der Waals surface area contributed by atoms with Gasteiger partial charge >= 0.3 is 6.18 Å². The van der Waals surface area contributed by atoms with E-state index in [0.717, 1.165) is 45.7 Å². The van der Waals surface area contributed by atoms with E-state index < -0.39 is 11.7 Å². The van der Waals surface area contributed by atoms with Crippen molar-refractivity contribution in [2.24, 2.45) is 0 Å². The molecular weight excluding hydrogens is 561 g/mol. The van der Waals surface area contributed by atoms with Crippen LogP contribution in [0.4, 0.5) is 13.2 Å². The van der Waals surface area contributed by atoms with Crippen LogP contribution in [0.5, 0.6) is 5.75 Å². The summed E-state index contributed by atoms with van der Waals surface area (Å²) in [6.07, 6.45) is -3.82. The van der Waals surface area contributed by atoms with E-state index in [1.807, 2.05) is 59.2 Å². The summed E-state index contributed by atoms with van der Waals surface area (Å²) < 4.78 is 46.2. The van der Waals surface area contributed by atoms with Gasteiger partial charge in [0.1, 0.15) is 11.6 Å². The normalized spacial score (nSPS) is 11.3. The maximum absolute atomic E-state index is 13.0. The van der Waals surface area contributed by atoms with Gasteiger partial charge in [-0.15, -0.1) is 10.2 Å². The number of hydrogen-bond donors (Lipinski definition) is 1. The number of ether oxygens (including phenoxy) is 1. The van der Waals surface area contributed by atoms with Crippen molar-refractivity contribution >= 4 is 17.7 Å². The molecule has 0 saturated carbocycles. The number of carbonyl (C=O) groups is 1. The van der Waals surface area contributed by atoms with E-state index in [1.54, 1.807) is 25.3 Å². The monoisotopic (exact) mass is 588 g/mol. The topological polar surface area (TPSA) is 69.0 Å². The number of amides is 1. The van der Waals surface area contributed by atoms with Crippen molar-refractivity contribution in [3.63, 3.8) is 0 Å². The molecule has 0 spiro atoms. The van der Waals surface area contributed by atoms with Crippen LogP contribution in [0, 0.1) is 0 Å². The molecule has 0 radical (unpaired) electrons. The first-order valence-electron chi connectivity index (χ1n) is 13.1. The highest BCUT2D eigenvalue weighted by atomic mass is 32.2. The van der Waals surface area contributed by atoms with Crippen molar-refractivity contribution in [2.45, 2.75) is 30.1 Å². The molecule has 1 amide bonds. The predicted octanol–water partition coefficient (Wildman–Crippen LogP) is 7.11. The van der Waals surface area contributed by atoms with Crippen LogP contribution < -0.4 is 10.1 Å². The number of halogens is 3. The summed E-state index contributed by atoms with van der Waals surface area (Å²) in [6, 6.07) is 29.8. The molecule has 1 aromatic heterocycles. The van der Waals surface area contributed by atoms with Crippen LogP contribution in [0.1, 0.15) is 38.4 Å². The lowest BCUT2D eigenvalue weighted by molar-refractivity contribution is -0.137. The molecule has 0 fully saturated rings. The fourth-order valence-electron chi connectivity index (χ4n) is 4.32. The summed E-state index contributed by atoms with van der Waals surface area (Å²) in [4.78, 5) is 12.6. The van der Waals surface area contributed by atoms with Crippen molar-refractivity contribution in [3.05, 3.63) is 137 Å². The fourth-order valence-corrected chi connectivity index (χ4v) is 5.25. The molecule has 0 bridgehead atoms. The van der Waals surface area contributed by atoms with Gasteiger partial charge in [-0.1, -0.05) is 66.4 Å². The van der Waals surface area contributed by atoms with Crippen molar-refractivity contribution in [3.8, 4) is 11.4 Å². The highest BCUT2D eigenvalue weighted by molar-refractivity contribution is 7.98. The van der Waals surface area contributed by atoms with E-state index in [0.29, 0.717) is 23.3 Å². The van der Waals surface area contributed by atoms with Crippen LogP contribution in [0.2, 0.25) is 0 Å². The number of nitrogens with zero attached hydrogens (tertiary/aromatic N) is 3. The second-order valence-electron chi connectivity index (χ2n) is 9.46. The average Bonchev–Trinajstić information content (AvgIpc) is 3.41. The van der Waals surface area contributed by atoms with Crippen molar-refractivity contribution in [1.29, 1.82) is 0 Å². The van der Waals surface area contributed by atoms with Gasteiger partial charge in [-0.25, -0.2) is 0 Å². The van der Waals surface area contributed by atoms with E-state index in [9.17, 15) is 18.0 Å². The van der Waals surface area contributed by atoms with Crippen molar-refractivity contribution in [1.82, 2.24) is 20.1 Å². The van der Waals surface area contributed by atoms with Gasteiger partial charge in [-0.3, -0.25) is 9.36 Å². The number of hydrogen-bond acceptors (Lipinski definition) is 5. The highest BCUT2D eigenvalue weighted by Gasteiger charge is 2.30. The molecule has 5 rings (SSSR count). The Bertz CT molecular complexity index is 1640. The molecular formula is C32H27F3N4O2S. The lowest BCUT2D eigenvalue weighted by Crippen LogP contribution is -2.23. The van der Waals surface area contributed by atoms with Gasteiger partial charge in [-0.05, 0) is 65.2 Å². The first-order valence-corrected chi connectivity index (χ1v) is 14.1. The number of nitrogens with one attached hydrogen (secondary N) is 1. The lowest BCUT2D eigenvalue weighted by atomic mass is 10.1. The Morgan fingerprint density at radius 2 is 1.57 bits per heavy atom. The minimum atomic E-state index is -4.43. The Labute approximate surface area is 245 Å². The van der Waals surface area contributed by atoms with E-state index in [1.165, 1.54) is 17.8 Å². The van der Waals surface area contributed by atoms with Gasteiger partial charge in [0, 0.05) is 30.0 Å². The number of rotatable bonds is 10. The molecule has 10 heteroatoms. The molecule has 214 valence electrons. The molecule has 0 aliphatic rings. The third-order valence-corrected chi connectivity index (χ3v) is 7.53. The first-order chi connectivity index (χ1) is 20.3. The number of carbonyl (C=O) groups excluding carboxylic acids is 1. The third kappa shape index (κ3) is 7.19. The fraction of sp³-hybridized carbons (Fsp3) is 0.156. The molecule has 1 N–H and O–H groups in total. The molecule has 1 heterocycles. The number of alkyl halides is 3. The lowest BCUT2D eigenvalue weighted by Gasteiger charge is -2.11. The molecule has 6 nitrogen and oxygen atoms in total. The smallest absolute Gasteiger partial charge is 0.416 e. The summed E-state index contributed by atoms with van der Waals surface area (Å²) in [7, 11) is 1.63. The quantitative estimate of drug-likeness (QED) is 0.176. The zero-order chi connectivity index (χ0) is 29.5. The summed E-state index contributed by atoms with van der Waals surface area (Å²) >= 11 is 1.53. The zero-order valence-corrected chi connectivity index (χ0v) is 23.5. The molecule has 5 aromatic rings. The van der Waals surface area contributed by atoms with Crippen LogP contribution in [0.15, 0.2) is 108 Å². The largest absolute Gasteiger partial charge is 0.497 e. The maximum atomic E-state index is 13.0. The van der Waals surface area contributed by atoms with E-state index >= 15 is 0 Å². The Morgan fingerprint density at radius 1 is 0.857 bits per heavy atom. The Balaban J connectivity index is 1.26. The Kier molecular flexibility index (Phi) is 8.92. The van der Waals surface area contributed by atoms with E-state index in [-0.39, 0.29) is 12.5 Å². The standard InChI is InChI=1S/C32H27F3N4O2S/c1-41-28-16-14-27(15-17-28)39-29(19-22-6-3-2-4-7-22)37-38-31(39)42-21-23-10-12-25(13-11-23)30(40)36-20-24-8-5-9-26(18-24)32(33,34)35/h2-18H,19-21H2,1H3,(H,36,40). The van der Waals surface area contributed by atoms with Crippen molar-refractivity contribution in [2.75, 3.05) is 7.11 Å². The van der Waals surface area contributed by atoms with Crippen molar-refractivity contribution < 1.29 is 22.7 Å². The second kappa shape index (κ2) is 12.9. The molecule has 0 aliphatic heterocycles. The minimum Gasteiger partial charge on any atom is -0.497 e. The van der Waals surface area contributed by atoms with Gasteiger partial charge < -0.3 is 10.1 Å². The van der Waals surface area contributed by atoms with Gasteiger partial charge in [0.15, 0.2) is 5.16 Å². The molecule has 0 saturated heterocycles. The highest BCUT2D eigenvalue weighted by Crippen LogP contribution is 2.30. The van der Waals surface area contributed by atoms with Gasteiger partial charge in [0.2, 0.25) is 0 Å². The number of aromatic nitrogens is 3. The van der Waals surface area contributed by atoms with Gasteiger partial charge in [-0.2, -0.15) is 13.2 Å². The third-order valence-electron chi connectivity index (χ3n) is 6.53. The van der Waals surface area contributed by atoms with Crippen LogP contribution in [0.25, 0.3) is 5.69 Å². The molecule has 4 aromatic carbocycles. The first kappa shape index (κ1) is 28.9. The maximum Gasteiger partial charge on any atom is 0.416 e. The zero-order valence-electron chi connectivity index (χ0n) is 22.6. The Hall–Kier alpha value is -4.57. The molecule has 0 aliphatic carbocycles. The average molecular weight is 589 g/mol. The number of methoxy groups -OCH3 is 1. The Morgan fingerprint density at radius 3 is 2.26 bits per heavy atom. The van der Waals surface area contributed by atoms with Gasteiger partial charge in [0.05, 0.1) is 12.7 Å². The number of thioether (sulfide) groups is 1. The summed E-state index contributed by atoms with van der Waals surface area (Å²) in [6.45, 7) is -0.00725. The van der Waals surface area contributed by atoms with Crippen LogP contribution in [-0.4, -0.2) is 27.8 Å². The summed E-state index contributed by atoms with van der Waals surface area (Å²) in [5.74, 6) is 1.79. The van der Waals surface area contributed by atoms with Crippen LogP contribution >= 0.6 is 11.8 Å². The summed E-state index contributed by atoms with van der Waals surface area (Å²) in [5.41, 5.74) is 3.07. The van der Waals surface area contributed by atoms with E-state index in [2.05, 4.69) is 27.6 Å². The van der Waals surface area contributed by atoms with Gasteiger partial charge in [0.25, 0.3) is 5.91 Å². The van der Waals surface area contributed by atoms with Crippen LogP contribution in [-0.2, 0) is 24.9 Å². The molecule has 0 unspecified atom stereocenters. The predicted molar refractivity (Wildman–Crippen MR) is 156 cm³/mol. The van der Waals surface area contributed by atoms with E-state index in [4.69, 9.17) is 4.74 Å². The number of benzene rings is 4.